The molecule has 5 nitrogen and oxygen atoms in total. The van der Waals surface area contributed by atoms with Gasteiger partial charge in [-0.1, -0.05) is 17.7 Å². The van der Waals surface area contributed by atoms with E-state index < -0.39 is 0 Å². The molecule has 0 aliphatic rings. The highest BCUT2D eigenvalue weighted by Crippen LogP contribution is 2.13. The van der Waals surface area contributed by atoms with Crippen LogP contribution >= 0.6 is 0 Å². The van der Waals surface area contributed by atoms with Crippen LogP contribution in [-0.4, -0.2) is 35.6 Å². The van der Waals surface area contributed by atoms with Crippen LogP contribution in [0, 0.1) is 6.92 Å². The van der Waals surface area contributed by atoms with Gasteiger partial charge in [-0.2, -0.15) is 0 Å². The minimum Gasteiger partial charge on any atom is -0.489 e. The Kier molecular flexibility index (Phi) is 5.97. The van der Waals surface area contributed by atoms with Gasteiger partial charge in [-0.05, 0) is 43.7 Å². The molecule has 122 valence electrons. The van der Waals surface area contributed by atoms with Gasteiger partial charge < -0.3 is 15.0 Å². The monoisotopic (exact) mass is 313 g/mol. The number of hydrogen-bond donors (Lipinski definition) is 1. The maximum Gasteiger partial charge on any atom is 0.317 e. The first-order valence-corrected chi connectivity index (χ1v) is 7.66. The second-order valence-electron chi connectivity index (χ2n) is 5.64. The number of rotatable bonds is 6. The van der Waals surface area contributed by atoms with Crippen LogP contribution in [0.1, 0.15) is 18.1 Å². The fraction of sp³-hybridized carbons (Fsp3) is 0.333. The van der Waals surface area contributed by atoms with E-state index in [2.05, 4.69) is 10.3 Å². The minimum atomic E-state index is -0.124. The van der Waals surface area contributed by atoms with E-state index in [-0.39, 0.29) is 12.1 Å². The van der Waals surface area contributed by atoms with Crippen molar-refractivity contribution in [3.8, 4) is 5.75 Å². The lowest BCUT2D eigenvalue weighted by molar-refractivity contribution is 0.188. The number of carbonyl (C=O) groups excluding carboxylic acids is 1. The van der Waals surface area contributed by atoms with Gasteiger partial charge in [0.1, 0.15) is 11.9 Å². The highest BCUT2D eigenvalue weighted by molar-refractivity contribution is 5.73. The summed E-state index contributed by atoms with van der Waals surface area (Å²) in [4.78, 5) is 17.7. The van der Waals surface area contributed by atoms with E-state index in [0.29, 0.717) is 13.1 Å². The summed E-state index contributed by atoms with van der Waals surface area (Å²) >= 11 is 0. The Morgan fingerprint density at radius 1 is 1.22 bits per heavy atom. The Bertz CT molecular complexity index is 614. The van der Waals surface area contributed by atoms with Crippen LogP contribution in [0.2, 0.25) is 0 Å². The number of ether oxygens (including phenoxy) is 1. The number of aryl methyl sites for hydroxylation is 1. The molecule has 0 fully saturated rings. The smallest absolute Gasteiger partial charge is 0.317 e. The van der Waals surface area contributed by atoms with Crippen molar-refractivity contribution in [2.24, 2.45) is 0 Å². The first kappa shape index (κ1) is 16.8. The Balaban J connectivity index is 1.75. The molecule has 0 spiro atoms. The Morgan fingerprint density at radius 2 is 1.87 bits per heavy atom. The average Bonchev–Trinajstić information content (AvgIpc) is 2.55. The van der Waals surface area contributed by atoms with E-state index in [1.54, 1.807) is 24.3 Å². The zero-order chi connectivity index (χ0) is 16.7. The van der Waals surface area contributed by atoms with Crippen molar-refractivity contribution in [1.29, 1.82) is 0 Å². The van der Waals surface area contributed by atoms with Crippen molar-refractivity contribution in [2.75, 3.05) is 13.6 Å². The van der Waals surface area contributed by atoms with Crippen LogP contribution < -0.4 is 10.1 Å². The number of amides is 2. The third-order valence-electron chi connectivity index (χ3n) is 3.41. The number of hydrogen-bond acceptors (Lipinski definition) is 3. The van der Waals surface area contributed by atoms with E-state index in [1.165, 1.54) is 5.56 Å². The maximum atomic E-state index is 12.1. The summed E-state index contributed by atoms with van der Waals surface area (Å²) in [5, 5.41) is 2.88. The lowest BCUT2D eigenvalue weighted by Crippen LogP contribution is -2.41. The van der Waals surface area contributed by atoms with Gasteiger partial charge in [-0.3, -0.25) is 4.98 Å². The molecule has 1 heterocycles. The summed E-state index contributed by atoms with van der Waals surface area (Å²) in [7, 11) is 1.77. The highest BCUT2D eigenvalue weighted by atomic mass is 16.5. The second kappa shape index (κ2) is 8.17. The summed E-state index contributed by atoms with van der Waals surface area (Å²) < 4.78 is 5.78. The summed E-state index contributed by atoms with van der Waals surface area (Å²) in [6, 6.07) is 11.5. The largest absolute Gasteiger partial charge is 0.489 e. The lowest BCUT2D eigenvalue weighted by Gasteiger charge is -2.20. The number of urea groups is 1. The average molecular weight is 313 g/mol. The number of aromatic nitrogens is 1. The Hall–Kier alpha value is -2.56. The minimum absolute atomic E-state index is 0.101. The predicted octanol–water partition coefficient (Wildman–Crippen LogP) is 3.00. The zero-order valence-corrected chi connectivity index (χ0v) is 13.8. The molecular weight excluding hydrogens is 290 g/mol. The fourth-order valence-electron chi connectivity index (χ4n) is 2.09. The molecular formula is C18H23N3O2. The van der Waals surface area contributed by atoms with Crippen LogP contribution in [0.15, 0.2) is 48.8 Å². The van der Waals surface area contributed by atoms with Crippen molar-refractivity contribution in [2.45, 2.75) is 26.5 Å². The van der Waals surface area contributed by atoms with Crippen LogP contribution in [0.4, 0.5) is 4.79 Å². The molecule has 0 radical (unpaired) electrons. The quantitative estimate of drug-likeness (QED) is 0.892. The molecule has 0 aliphatic carbocycles. The number of benzene rings is 1. The summed E-state index contributed by atoms with van der Waals surface area (Å²) in [5.74, 6) is 0.808. The van der Waals surface area contributed by atoms with Crippen molar-refractivity contribution in [3.05, 3.63) is 59.9 Å². The first-order chi connectivity index (χ1) is 11.0. The van der Waals surface area contributed by atoms with Crippen LogP contribution in [0.3, 0.4) is 0 Å². The van der Waals surface area contributed by atoms with Gasteiger partial charge in [-0.15, -0.1) is 0 Å². The molecule has 0 unspecified atom stereocenters. The van der Waals surface area contributed by atoms with E-state index >= 15 is 0 Å². The number of nitrogens with zero attached hydrogens (tertiary/aromatic N) is 2. The summed E-state index contributed by atoms with van der Waals surface area (Å²) in [6.07, 6.45) is 3.34. The fourth-order valence-corrected chi connectivity index (χ4v) is 2.09. The van der Waals surface area contributed by atoms with Crippen molar-refractivity contribution in [1.82, 2.24) is 15.2 Å². The van der Waals surface area contributed by atoms with E-state index in [1.807, 2.05) is 50.2 Å². The SMILES string of the molecule is Cc1ccc(O[C@@H](C)CNC(=O)N(C)Cc2ccncc2)cc1. The van der Waals surface area contributed by atoms with Gasteiger partial charge in [0.05, 0.1) is 6.54 Å². The number of pyridine rings is 1. The lowest BCUT2D eigenvalue weighted by atomic mass is 10.2. The predicted molar refractivity (Wildman–Crippen MR) is 90.4 cm³/mol. The Labute approximate surface area is 137 Å². The highest BCUT2D eigenvalue weighted by Gasteiger charge is 2.11. The van der Waals surface area contributed by atoms with Gasteiger partial charge in [0.15, 0.2) is 0 Å². The van der Waals surface area contributed by atoms with E-state index in [4.69, 9.17) is 4.74 Å². The van der Waals surface area contributed by atoms with Crippen LogP contribution in [0.5, 0.6) is 5.75 Å². The first-order valence-electron chi connectivity index (χ1n) is 7.66. The molecule has 5 heteroatoms. The normalized spacial score (nSPS) is 11.6. The van der Waals surface area contributed by atoms with Crippen molar-refractivity contribution >= 4 is 6.03 Å². The van der Waals surface area contributed by atoms with Gasteiger partial charge >= 0.3 is 6.03 Å². The van der Waals surface area contributed by atoms with Crippen molar-refractivity contribution in [3.63, 3.8) is 0 Å². The maximum absolute atomic E-state index is 12.1. The number of carbonyl (C=O) groups is 1. The van der Waals surface area contributed by atoms with Gasteiger partial charge in [0, 0.05) is 26.0 Å². The second-order valence-corrected chi connectivity index (χ2v) is 5.64. The molecule has 1 atom stereocenters. The molecule has 0 saturated carbocycles. The van der Waals surface area contributed by atoms with Crippen LogP contribution in [0.25, 0.3) is 0 Å². The molecule has 2 aromatic rings. The van der Waals surface area contributed by atoms with E-state index in [9.17, 15) is 4.79 Å². The molecule has 0 aliphatic heterocycles. The molecule has 23 heavy (non-hydrogen) atoms. The Morgan fingerprint density at radius 3 is 2.52 bits per heavy atom. The molecule has 0 saturated heterocycles. The topological polar surface area (TPSA) is 54.5 Å². The molecule has 2 rings (SSSR count). The molecule has 1 aromatic heterocycles. The molecule has 2 amide bonds. The van der Waals surface area contributed by atoms with Crippen LogP contribution in [-0.2, 0) is 6.54 Å². The zero-order valence-electron chi connectivity index (χ0n) is 13.8. The third kappa shape index (κ3) is 5.62. The third-order valence-corrected chi connectivity index (χ3v) is 3.41. The van der Waals surface area contributed by atoms with E-state index in [0.717, 1.165) is 11.3 Å². The van der Waals surface area contributed by atoms with Crippen molar-refractivity contribution < 1.29 is 9.53 Å². The summed E-state index contributed by atoms with van der Waals surface area (Å²) in [5.41, 5.74) is 2.23. The summed E-state index contributed by atoms with van der Waals surface area (Å²) in [6.45, 7) is 4.96. The number of nitrogens with one attached hydrogen (secondary N) is 1. The van der Waals surface area contributed by atoms with Gasteiger partial charge in [0.2, 0.25) is 0 Å². The van der Waals surface area contributed by atoms with Gasteiger partial charge in [-0.25, -0.2) is 4.79 Å². The molecule has 0 bridgehead atoms. The molecule has 1 N–H and O–H groups in total. The van der Waals surface area contributed by atoms with Gasteiger partial charge in [0.25, 0.3) is 0 Å². The molecule has 1 aromatic carbocycles. The standard InChI is InChI=1S/C18H23N3O2/c1-14-4-6-17(7-5-14)23-15(2)12-20-18(22)21(3)13-16-8-10-19-11-9-16/h4-11,15H,12-13H2,1-3H3,(H,20,22)/t15-/m0/s1.